The summed E-state index contributed by atoms with van der Waals surface area (Å²) in [5.74, 6) is -1.53. The predicted molar refractivity (Wildman–Crippen MR) is 93.0 cm³/mol. The quantitative estimate of drug-likeness (QED) is 0.266. The van der Waals surface area contributed by atoms with Gasteiger partial charge < -0.3 is 10.7 Å². The fraction of sp³-hybridized carbons (Fsp3) is 0.235. The molecule has 0 aliphatic heterocycles. The number of hydrazine groups is 1. The van der Waals surface area contributed by atoms with E-state index >= 15 is 0 Å². The molecule has 0 fully saturated rings. The minimum Gasteiger partial charge on any atom is -0.321 e. The Hall–Kier alpha value is -3.35. The van der Waals surface area contributed by atoms with Gasteiger partial charge in [0.05, 0.1) is 11.3 Å². The fourth-order valence-corrected chi connectivity index (χ4v) is 2.34. The molecule has 162 valence electrons. The molecular weight excluding hydrogens is 422 g/mol. The Bertz CT molecular complexity index is 871. The second-order valence-corrected chi connectivity index (χ2v) is 6.01. The van der Waals surface area contributed by atoms with Crippen LogP contribution in [-0.4, -0.2) is 28.8 Å². The highest BCUT2D eigenvalue weighted by molar-refractivity contribution is 5.79. The zero-order chi connectivity index (χ0) is 22.6. The summed E-state index contributed by atoms with van der Waals surface area (Å²) in [6, 6.07) is 10.8. The van der Waals surface area contributed by atoms with Gasteiger partial charge in [-0.3, -0.25) is 14.9 Å². The van der Waals surface area contributed by atoms with Crippen molar-refractivity contribution in [2.75, 3.05) is 5.43 Å². The van der Waals surface area contributed by atoms with Crippen molar-refractivity contribution in [1.29, 1.82) is 0 Å². The van der Waals surface area contributed by atoms with Crippen LogP contribution in [0, 0.1) is 10.1 Å². The second-order valence-electron chi connectivity index (χ2n) is 6.01. The van der Waals surface area contributed by atoms with Crippen molar-refractivity contribution >= 4 is 17.3 Å². The van der Waals surface area contributed by atoms with Crippen LogP contribution >= 0.6 is 0 Å². The number of nitrogens with one attached hydrogen (secondary N) is 3. The molecule has 1 amide bonds. The standard InChI is InChI=1S/C17H14F6N4O3/c18-16(19,20)15(17(21,22)23,24-14(28)10-11-4-2-1-3-5-11)26-25-12-6-8-13(9-7-12)27(29)30/h1-9,25-26H,10H2,(H,24,28). The monoisotopic (exact) mass is 436 g/mol. The Morgan fingerprint density at radius 2 is 1.43 bits per heavy atom. The van der Waals surface area contributed by atoms with Crippen molar-refractivity contribution in [3.63, 3.8) is 0 Å². The Morgan fingerprint density at radius 1 is 0.900 bits per heavy atom. The summed E-state index contributed by atoms with van der Waals surface area (Å²) in [4.78, 5) is 21.8. The Balaban J connectivity index is 2.28. The molecule has 30 heavy (non-hydrogen) atoms. The van der Waals surface area contributed by atoms with Gasteiger partial charge >= 0.3 is 18.0 Å². The van der Waals surface area contributed by atoms with Crippen LogP contribution in [-0.2, 0) is 11.2 Å². The average molecular weight is 436 g/mol. The van der Waals surface area contributed by atoms with Gasteiger partial charge in [0, 0.05) is 17.8 Å². The third kappa shape index (κ3) is 5.17. The first-order valence-corrected chi connectivity index (χ1v) is 8.12. The van der Waals surface area contributed by atoms with E-state index in [0.717, 1.165) is 35.0 Å². The Kier molecular flexibility index (Phi) is 6.55. The van der Waals surface area contributed by atoms with Crippen LogP contribution < -0.4 is 16.2 Å². The van der Waals surface area contributed by atoms with E-state index in [4.69, 9.17) is 0 Å². The number of hydrogen-bond acceptors (Lipinski definition) is 5. The van der Waals surface area contributed by atoms with Crippen molar-refractivity contribution in [3.8, 4) is 0 Å². The van der Waals surface area contributed by atoms with E-state index in [0.29, 0.717) is 0 Å². The number of carbonyl (C=O) groups excluding carboxylic acids is 1. The first kappa shape index (κ1) is 22.9. The maximum atomic E-state index is 13.5. The Labute approximate surface area is 165 Å². The van der Waals surface area contributed by atoms with Gasteiger partial charge in [0.1, 0.15) is 0 Å². The molecule has 0 radical (unpaired) electrons. The van der Waals surface area contributed by atoms with E-state index in [1.54, 1.807) is 11.5 Å². The topological polar surface area (TPSA) is 96.3 Å². The van der Waals surface area contributed by atoms with Gasteiger partial charge in [-0.1, -0.05) is 30.3 Å². The predicted octanol–water partition coefficient (Wildman–Crippen LogP) is 3.69. The lowest BCUT2D eigenvalue weighted by Crippen LogP contribution is -2.76. The van der Waals surface area contributed by atoms with E-state index in [-0.39, 0.29) is 11.3 Å². The number of non-ortho nitro benzene ring substituents is 1. The number of carbonyl (C=O) groups is 1. The molecule has 2 aromatic carbocycles. The molecule has 2 aromatic rings. The highest BCUT2D eigenvalue weighted by atomic mass is 19.4. The first-order valence-electron chi connectivity index (χ1n) is 8.12. The van der Waals surface area contributed by atoms with E-state index in [2.05, 4.69) is 0 Å². The number of benzene rings is 2. The van der Waals surface area contributed by atoms with E-state index < -0.39 is 41.0 Å². The number of halogens is 6. The van der Waals surface area contributed by atoms with Crippen LogP contribution in [0.25, 0.3) is 0 Å². The lowest BCUT2D eigenvalue weighted by molar-refractivity contribution is -0.384. The molecule has 0 bridgehead atoms. The van der Waals surface area contributed by atoms with Crippen molar-refractivity contribution in [1.82, 2.24) is 10.7 Å². The van der Waals surface area contributed by atoms with E-state index in [1.165, 1.54) is 24.3 Å². The summed E-state index contributed by atoms with van der Waals surface area (Å²) in [5.41, 5.74) is -2.58. The van der Waals surface area contributed by atoms with Crippen molar-refractivity contribution in [3.05, 3.63) is 70.3 Å². The third-order valence-electron chi connectivity index (χ3n) is 3.86. The van der Waals surface area contributed by atoms with Gasteiger partial charge in [-0.2, -0.15) is 31.8 Å². The van der Waals surface area contributed by atoms with Crippen molar-refractivity contribution in [2.45, 2.75) is 24.4 Å². The van der Waals surface area contributed by atoms with Gasteiger partial charge in [0.15, 0.2) is 0 Å². The molecule has 3 N–H and O–H groups in total. The summed E-state index contributed by atoms with van der Waals surface area (Å²) in [6.07, 6.45) is -12.7. The van der Waals surface area contributed by atoms with Gasteiger partial charge in [0.25, 0.3) is 5.69 Å². The molecule has 0 aliphatic carbocycles. The molecule has 0 atom stereocenters. The summed E-state index contributed by atoms with van der Waals surface area (Å²) < 4.78 is 81.1. The number of hydrogen-bond donors (Lipinski definition) is 3. The van der Waals surface area contributed by atoms with E-state index in [1.807, 2.05) is 0 Å². The maximum Gasteiger partial charge on any atom is 0.436 e. The number of rotatable bonds is 7. The zero-order valence-electron chi connectivity index (χ0n) is 14.8. The zero-order valence-corrected chi connectivity index (χ0v) is 14.8. The lowest BCUT2D eigenvalue weighted by atomic mass is 10.1. The highest BCUT2D eigenvalue weighted by Gasteiger charge is 2.72. The lowest BCUT2D eigenvalue weighted by Gasteiger charge is -2.38. The minimum atomic E-state index is -5.99. The SMILES string of the molecule is O=C(Cc1ccccc1)NC(NNc1ccc([N+](=O)[O-])cc1)(C(F)(F)F)C(F)(F)F. The molecule has 0 saturated heterocycles. The van der Waals surface area contributed by atoms with Gasteiger partial charge in [-0.05, 0) is 17.7 Å². The minimum absolute atomic E-state index is 0.205. The summed E-state index contributed by atoms with van der Waals surface area (Å²) in [5, 5.41) is 11.6. The van der Waals surface area contributed by atoms with Crippen LogP contribution in [0.4, 0.5) is 37.7 Å². The number of nitrogens with zero attached hydrogens (tertiary/aromatic N) is 1. The fourth-order valence-electron chi connectivity index (χ4n) is 2.34. The molecule has 0 heterocycles. The first-order chi connectivity index (χ1) is 13.9. The molecule has 0 spiro atoms. The summed E-state index contributed by atoms with van der Waals surface area (Å²) in [7, 11) is 0. The van der Waals surface area contributed by atoms with Crippen LogP contribution in [0.15, 0.2) is 54.6 Å². The average Bonchev–Trinajstić information content (AvgIpc) is 2.64. The maximum absolute atomic E-state index is 13.5. The molecular formula is C17H14F6N4O3. The smallest absolute Gasteiger partial charge is 0.321 e. The molecule has 0 saturated carbocycles. The second kappa shape index (κ2) is 8.57. The van der Waals surface area contributed by atoms with Crippen molar-refractivity contribution < 1.29 is 36.1 Å². The number of amides is 1. The van der Waals surface area contributed by atoms with Crippen LogP contribution in [0.1, 0.15) is 5.56 Å². The van der Waals surface area contributed by atoms with Gasteiger partial charge in [0.2, 0.25) is 5.91 Å². The van der Waals surface area contributed by atoms with Crippen LogP contribution in [0.2, 0.25) is 0 Å². The van der Waals surface area contributed by atoms with Gasteiger partial charge in [-0.25, -0.2) is 0 Å². The molecule has 0 aromatic heterocycles. The number of nitro benzene ring substituents is 1. The van der Waals surface area contributed by atoms with Crippen LogP contribution in [0.5, 0.6) is 0 Å². The highest BCUT2D eigenvalue weighted by Crippen LogP contribution is 2.41. The summed E-state index contributed by atoms with van der Waals surface area (Å²) in [6.45, 7) is 0. The largest absolute Gasteiger partial charge is 0.436 e. The number of anilines is 1. The third-order valence-corrected chi connectivity index (χ3v) is 3.86. The summed E-state index contributed by atoms with van der Waals surface area (Å²) >= 11 is 0. The van der Waals surface area contributed by atoms with E-state index in [9.17, 15) is 41.3 Å². The van der Waals surface area contributed by atoms with Crippen LogP contribution in [0.3, 0.4) is 0 Å². The number of nitro groups is 1. The number of alkyl halides is 6. The van der Waals surface area contributed by atoms with Gasteiger partial charge in [-0.15, -0.1) is 0 Å². The normalized spacial score (nSPS) is 12.3. The molecule has 0 aliphatic rings. The molecule has 7 nitrogen and oxygen atoms in total. The Morgan fingerprint density at radius 3 is 1.90 bits per heavy atom. The molecule has 13 heteroatoms. The molecule has 2 rings (SSSR count). The van der Waals surface area contributed by atoms with Crippen molar-refractivity contribution in [2.24, 2.45) is 0 Å². The molecule has 0 unspecified atom stereocenters.